The van der Waals surface area contributed by atoms with Crippen LogP contribution in [-0.4, -0.2) is 56.7 Å². The van der Waals surface area contributed by atoms with Crippen LogP contribution in [0.25, 0.3) is 11.0 Å². The molecule has 2 atom stereocenters. The molecule has 0 spiro atoms. The first kappa shape index (κ1) is 34.2. The van der Waals surface area contributed by atoms with Gasteiger partial charge in [0.25, 0.3) is 0 Å². The number of carbonyl (C=O) groups is 1. The van der Waals surface area contributed by atoms with Crippen molar-refractivity contribution in [3.05, 3.63) is 34.4 Å². The molecule has 0 bridgehead atoms. The number of benzene rings is 1. The van der Waals surface area contributed by atoms with Crippen molar-refractivity contribution in [1.29, 1.82) is 0 Å². The number of nitrogens with zero attached hydrogens (tertiary/aromatic N) is 3. The monoisotopic (exact) mass is 575 g/mol. The third-order valence-corrected chi connectivity index (χ3v) is 7.25. The van der Waals surface area contributed by atoms with E-state index < -0.39 is 17.1 Å². The van der Waals surface area contributed by atoms with Gasteiger partial charge in [-0.1, -0.05) is 89.7 Å². The number of anilines is 1. The molecule has 0 radical (unpaired) electrons. The Balaban J connectivity index is 1.52. The van der Waals surface area contributed by atoms with E-state index in [9.17, 15) is 25.1 Å². The van der Waals surface area contributed by atoms with Crippen LogP contribution < -0.4 is 10.6 Å². The Kier molecular flexibility index (Phi) is 17.3. The van der Waals surface area contributed by atoms with Crippen LogP contribution in [0.5, 0.6) is 0 Å². The van der Waals surface area contributed by atoms with Gasteiger partial charge in [0.2, 0.25) is 11.4 Å². The van der Waals surface area contributed by atoms with Crippen molar-refractivity contribution in [3.63, 3.8) is 0 Å². The number of aliphatic hydroxyl groups excluding tert-OH is 2. The molecule has 230 valence electrons. The summed E-state index contributed by atoms with van der Waals surface area (Å²) in [5.74, 6) is -0.208. The normalized spacial score (nSPS) is 13.0. The number of unbranched alkanes of at least 4 members (excludes halogenated alkanes) is 13. The fraction of sp³-hybridized carbons (Fsp3) is 0.700. The number of aliphatic hydroxyl groups is 2. The van der Waals surface area contributed by atoms with E-state index in [0.29, 0.717) is 30.6 Å². The van der Waals surface area contributed by atoms with Crippen molar-refractivity contribution in [3.8, 4) is 0 Å². The van der Waals surface area contributed by atoms with Crippen LogP contribution >= 0.6 is 0 Å². The predicted molar refractivity (Wildman–Crippen MR) is 161 cm³/mol. The molecule has 11 nitrogen and oxygen atoms in total. The maximum absolute atomic E-state index is 12.3. The Morgan fingerprint density at radius 3 is 2.27 bits per heavy atom. The lowest BCUT2D eigenvalue weighted by Gasteiger charge is -2.20. The van der Waals surface area contributed by atoms with Crippen LogP contribution in [0.15, 0.2) is 28.9 Å². The van der Waals surface area contributed by atoms with Gasteiger partial charge in [-0.15, -0.1) is 0 Å². The molecular weight excluding hydrogens is 526 g/mol. The second-order valence-corrected chi connectivity index (χ2v) is 10.7. The molecule has 0 aliphatic carbocycles. The standard InChI is InChI=1S/C30H49N5O6/c1-2-3-4-5-6-7-8-9-10-11-12-13-15-18-27(37)25(23-36)32-28(38)19-16-14-17-22-31-24-20-21-26(35(39)40)30-29(24)33-41-34-30/h15,18,20-21,25,27,31,36-37H,2-14,16-17,19,22-23H2,1H3,(H,32,38)/t25-,27+/m0/s1. The summed E-state index contributed by atoms with van der Waals surface area (Å²) in [5, 5.41) is 44.4. The van der Waals surface area contributed by atoms with Gasteiger partial charge in [0.15, 0.2) is 5.52 Å². The number of nitro groups is 1. The number of fused-ring (bicyclic) bond motifs is 1. The lowest BCUT2D eigenvalue weighted by Crippen LogP contribution is -2.45. The summed E-state index contributed by atoms with van der Waals surface area (Å²) in [4.78, 5) is 22.9. The molecule has 2 rings (SSSR count). The first-order valence-electron chi connectivity index (χ1n) is 15.4. The van der Waals surface area contributed by atoms with Gasteiger partial charge in [-0.2, -0.15) is 0 Å². The molecule has 2 aromatic rings. The van der Waals surface area contributed by atoms with Crippen molar-refractivity contribution in [2.45, 2.75) is 122 Å². The summed E-state index contributed by atoms with van der Waals surface area (Å²) in [7, 11) is 0. The number of allylic oxidation sites excluding steroid dienone is 1. The third-order valence-electron chi connectivity index (χ3n) is 7.25. The van der Waals surface area contributed by atoms with Crippen LogP contribution in [0, 0.1) is 10.1 Å². The van der Waals surface area contributed by atoms with Gasteiger partial charge in [0, 0.05) is 19.0 Å². The van der Waals surface area contributed by atoms with Gasteiger partial charge in [-0.25, -0.2) is 4.63 Å². The summed E-state index contributed by atoms with van der Waals surface area (Å²) in [6.07, 6.45) is 20.3. The second kappa shape index (κ2) is 20.8. The zero-order valence-electron chi connectivity index (χ0n) is 24.6. The molecular formula is C30H49N5O6. The summed E-state index contributed by atoms with van der Waals surface area (Å²) < 4.78 is 4.66. The van der Waals surface area contributed by atoms with Gasteiger partial charge in [-0.3, -0.25) is 14.9 Å². The number of nitro benzene ring substituents is 1. The maximum Gasteiger partial charge on any atom is 0.300 e. The van der Waals surface area contributed by atoms with Crippen molar-refractivity contribution in [1.82, 2.24) is 15.6 Å². The zero-order valence-corrected chi connectivity index (χ0v) is 24.6. The van der Waals surface area contributed by atoms with E-state index in [0.717, 1.165) is 25.7 Å². The molecule has 1 aromatic heterocycles. The highest BCUT2D eigenvalue weighted by atomic mass is 16.6. The molecule has 0 unspecified atom stereocenters. The quantitative estimate of drug-likeness (QED) is 0.0494. The fourth-order valence-electron chi connectivity index (χ4n) is 4.77. The molecule has 1 aromatic carbocycles. The van der Waals surface area contributed by atoms with E-state index in [1.54, 1.807) is 12.1 Å². The summed E-state index contributed by atoms with van der Waals surface area (Å²) in [6.45, 7) is 2.50. The Bertz CT molecular complexity index is 1040. The molecule has 11 heteroatoms. The summed E-state index contributed by atoms with van der Waals surface area (Å²) in [6, 6.07) is 2.21. The number of hydrogen-bond donors (Lipinski definition) is 4. The highest BCUT2D eigenvalue weighted by Gasteiger charge is 2.20. The number of rotatable bonds is 24. The molecule has 0 saturated carbocycles. The van der Waals surface area contributed by atoms with Gasteiger partial charge in [0.05, 0.1) is 29.4 Å². The number of hydrogen-bond acceptors (Lipinski definition) is 9. The van der Waals surface area contributed by atoms with E-state index in [-0.39, 0.29) is 23.7 Å². The minimum absolute atomic E-state index is 0.0984. The van der Waals surface area contributed by atoms with Crippen LogP contribution in [0.2, 0.25) is 0 Å². The average Bonchev–Trinajstić information content (AvgIpc) is 3.46. The number of non-ortho nitro benzene ring substituents is 1. The molecule has 41 heavy (non-hydrogen) atoms. The van der Waals surface area contributed by atoms with Crippen molar-refractivity contribution in [2.24, 2.45) is 0 Å². The Morgan fingerprint density at radius 1 is 0.976 bits per heavy atom. The maximum atomic E-state index is 12.3. The van der Waals surface area contributed by atoms with Crippen LogP contribution in [-0.2, 0) is 4.79 Å². The largest absolute Gasteiger partial charge is 0.394 e. The average molecular weight is 576 g/mol. The minimum Gasteiger partial charge on any atom is -0.394 e. The van der Waals surface area contributed by atoms with Crippen molar-refractivity contribution in [2.75, 3.05) is 18.5 Å². The van der Waals surface area contributed by atoms with E-state index >= 15 is 0 Å². The van der Waals surface area contributed by atoms with Gasteiger partial charge in [0.1, 0.15) is 0 Å². The second-order valence-electron chi connectivity index (χ2n) is 10.7. The predicted octanol–water partition coefficient (Wildman–Crippen LogP) is 6.20. The SMILES string of the molecule is CCCCCCCCCCCCCC=C[C@@H](O)[C@H](CO)NC(=O)CCCCCNc1ccc([N+](=O)[O-])c2nonc12. The molecule has 1 amide bonds. The Morgan fingerprint density at radius 2 is 1.61 bits per heavy atom. The van der Waals surface area contributed by atoms with E-state index in [1.165, 1.54) is 70.3 Å². The lowest BCUT2D eigenvalue weighted by molar-refractivity contribution is -0.383. The first-order valence-corrected chi connectivity index (χ1v) is 15.4. The highest BCUT2D eigenvalue weighted by Crippen LogP contribution is 2.28. The van der Waals surface area contributed by atoms with Gasteiger partial charge in [-0.05, 0) is 42.1 Å². The van der Waals surface area contributed by atoms with Crippen molar-refractivity contribution < 1.29 is 24.6 Å². The Hall–Kier alpha value is -3.05. The molecule has 0 aliphatic heterocycles. The summed E-state index contributed by atoms with van der Waals surface area (Å²) in [5.41, 5.74) is 0.839. The molecule has 4 N–H and O–H groups in total. The number of aromatic nitrogens is 2. The number of nitrogens with one attached hydrogen (secondary N) is 2. The highest BCUT2D eigenvalue weighted by molar-refractivity contribution is 5.93. The summed E-state index contributed by atoms with van der Waals surface area (Å²) >= 11 is 0. The third kappa shape index (κ3) is 13.4. The van der Waals surface area contributed by atoms with E-state index in [4.69, 9.17) is 0 Å². The van der Waals surface area contributed by atoms with Crippen LogP contribution in [0.4, 0.5) is 11.4 Å². The molecule has 0 fully saturated rings. The van der Waals surface area contributed by atoms with E-state index in [2.05, 4.69) is 32.5 Å². The number of carbonyl (C=O) groups excluding carboxylic acids is 1. The van der Waals surface area contributed by atoms with Gasteiger partial charge < -0.3 is 20.8 Å². The Labute approximate surface area is 243 Å². The minimum atomic E-state index is -0.926. The molecule has 0 aliphatic rings. The van der Waals surface area contributed by atoms with Crippen LogP contribution in [0.3, 0.4) is 0 Å². The van der Waals surface area contributed by atoms with Crippen LogP contribution in [0.1, 0.15) is 110 Å². The topological polar surface area (TPSA) is 164 Å². The lowest BCUT2D eigenvalue weighted by atomic mass is 10.0. The molecule has 1 heterocycles. The van der Waals surface area contributed by atoms with Gasteiger partial charge >= 0.3 is 5.69 Å². The number of amides is 1. The van der Waals surface area contributed by atoms with E-state index in [1.807, 2.05) is 6.08 Å². The van der Waals surface area contributed by atoms with Crippen molar-refractivity contribution >= 4 is 28.3 Å². The fourth-order valence-corrected chi connectivity index (χ4v) is 4.77. The zero-order chi connectivity index (χ0) is 29.7. The smallest absolute Gasteiger partial charge is 0.300 e. The first-order chi connectivity index (χ1) is 20.0. The molecule has 0 saturated heterocycles.